The molecule has 1 aromatic heterocycles. The molecule has 1 aromatic rings. The molecule has 0 aromatic carbocycles. The van der Waals surface area contributed by atoms with E-state index in [2.05, 4.69) is 4.98 Å². The average molecular weight is 142 g/mol. The summed E-state index contributed by atoms with van der Waals surface area (Å²) in [5.41, 5.74) is 6.89. The molecule has 1 rings (SSSR count). The number of pyridine rings is 1. The molecule has 47 valence electrons. The van der Waals surface area contributed by atoms with Crippen LogP contribution >= 0.6 is 11.6 Å². The van der Waals surface area contributed by atoms with E-state index in [-0.39, 0.29) is 0 Å². The Bertz CT molecular complexity index is 174. The van der Waals surface area contributed by atoms with Crippen LogP contribution in [0.1, 0.15) is 11.2 Å². The minimum atomic E-state index is -0.730. The molecule has 0 fully saturated rings. The van der Waals surface area contributed by atoms with Gasteiger partial charge in [0.15, 0.2) is 0 Å². The zero-order chi connectivity index (χ0) is 6.69. The van der Waals surface area contributed by atoms with Crippen molar-refractivity contribution in [2.45, 2.75) is 5.50 Å². The Hall–Kier alpha value is -0.600. The van der Waals surface area contributed by atoms with Gasteiger partial charge in [0.2, 0.25) is 0 Å². The molecule has 0 spiro atoms. The highest BCUT2D eigenvalue weighted by Crippen LogP contribution is 2.10. The van der Waals surface area contributed by atoms with Crippen molar-refractivity contribution >= 4 is 11.6 Å². The molecule has 0 aliphatic heterocycles. The highest BCUT2D eigenvalue weighted by Gasteiger charge is 1.99. The maximum absolute atomic E-state index is 7.02. The van der Waals surface area contributed by atoms with E-state index >= 15 is 0 Å². The van der Waals surface area contributed by atoms with E-state index in [1.54, 1.807) is 18.3 Å². The summed E-state index contributed by atoms with van der Waals surface area (Å²) in [6, 6.07) is 5.33. The SMILES string of the molecule is [NH]C(Cl)c1ccccn1. The first-order valence-corrected chi connectivity index (χ1v) is 3.00. The minimum absolute atomic E-state index is 0.596. The van der Waals surface area contributed by atoms with Crippen molar-refractivity contribution in [3.8, 4) is 0 Å². The molecule has 0 aliphatic rings. The number of nitrogens with one attached hydrogen (secondary N) is 1. The van der Waals surface area contributed by atoms with Gasteiger partial charge in [0.1, 0.15) is 5.50 Å². The Morgan fingerprint density at radius 2 is 2.33 bits per heavy atom. The maximum atomic E-state index is 7.02. The predicted molar refractivity (Wildman–Crippen MR) is 35.9 cm³/mol. The topological polar surface area (TPSA) is 36.7 Å². The number of nitrogens with zero attached hydrogens (tertiary/aromatic N) is 1. The molecule has 1 radical (unpaired) electrons. The smallest absolute Gasteiger partial charge is 0.137 e. The molecule has 0 amide bonds. The summed E-state index contributed by atoms with van der Waals surface area (Å²) in [5.74, 6) is 0. The molecule has 0 saturated carbocycles. The van der Waals surface area contributed by atoms with Crippen LogP contribution in [-0.4, -0.2) is 4.98 Å². The van der Waals surface area contributed by atoms with Gasteiger partial charge in [0.05, 0.1) is 5.69 Å². The van der Waals surface area contributed by atoms with E-state index < -0.39 is 5.50 Å². The number of hydrogen-bond acceptors (Lipinski definition) is 1. The fourth-order valence-electron chi connectivity index (χ4n) is 0.526. The van der Waals surface area contributed by atoms with E-state index in [0.717, 1.165) is 0 Å². The van der Waals surface area contributed by atoms with Crippen LogP contribution in [0.4, 0.5) is 0 Å². The van der Waals surface area contributed by atoms with Crippen molar-refractivity contribution < 1.29 is 0 Å². The Morgan fingerprint density at radius 3 is 2.67 bits per heavy atom. The summed E-state index contributed by atoms with van der Waals surface area (Å²) in [6.45, 7) is 0. The fraction of sp³-hybridized carbons (Fsp3) is 0.167. The second-order valence-corrected chi connectivity index (χ2v) is 2.05. The quantitative estimate of drug-likeness (QED) is 0.432. The monoisotopic (exact) mass is 141 g/mol. The van der Waals surface area contributed by atoms with Crippen LogP contribution in [0.5, 0.6) is 0 Å². The summed E-state index contributed by atoms with van der Waals surface area (Å²) in [6.07, 6.45) is 1.62. The Kier molecular flexibility index (Phi) is 2.03. The number of alkyl halides is 1. The van der Waals surface area contributed by atoms with Crippen LogP contribution in [0.2, 0.25) is 0 Å². The number of rotatable bonds is 1. The molecular weight excluding hydrogens is 136 g/mol. The molecule has 3 heteroatoms. The largest absolute Gasteiger partial charge is 0.258 e. The van der Waals surface area contributed by atoms with Gasteiger partial charge in [0, 0.05) is 6.20 Å². The Balaban J connectivity index is 2.85. The summed E-state index contributed by atoms with van der Waals surface area (Å²) >= 11 is 5.41. The van der Waals surface area contributed by atoms with Crippen molar-refractivity contribution in [1.29, 1.82) is 0 Å². The summed E-state index contributed by atoms with van der Waals surface area (Å²) in [5, 5.41) is 0. The first-order chi connectivity index (χ1) is 4.30. The van der Waals surface area contributed by atoms with E-state index in [0.29, 0.717) is 5.69 Å². The zero-order valence-corrected chi connectivity index (χ0v) is 5.47. The highest BCUT2D eigenvalue weighted by molar-refractivity contribution is 6.20. The lowest BCUT2D eigenvalue weighted by Crippen LogP contribution is -1.91. The van der Waals surface area contributed by atoms with Gasteiger partial charge in [-0.2, -0.15) is 0 Å². The van der Waals surface area contributed by atoms with Crippen LogP contribution in [0.3, 0.4) is 0 Å². The fourth-order valence-corrected chi connectivity index (χ4v) is 0.655. The van der Waals surface area contributed by atoms with Gasteiger partial charge in [-0.3, -0.25) is 4.98 Å². The maximum Gasteiger partial charge on any atom is 0.137 e. The lowest BCUT2D eigenvalue weighted by atomic mass is 10.3. The van der Waals surface area contributed by atoms with Gasteiger partial charge in [-0.05, 0) is 12.1 Å². The second kappa shape index (κ2) is 2.80. The third-order valence-corrected chi connectivity index (χ3v) is 1.17. The third-order valence-electron chi connectivity index (χ3n) is 0.947. The van der Waals surface area contributed by atoms with Gasteiger partial charge in [0.25, 0.3) is 0 Å². The molecule has 1 heterocycles. The van der Waals surface area contributed by atoms with E-state index in [1.807, 2.05) is 6.07 Å². The normalized spacial score (nSPS) is 13.1. The van der Waals surface area contributed by atoms with Gasteiger partial charge < -0.3 is 0 Å². The number of hydrogen-bond donors (Lipinski definition) is 0. The third kappa shape index (κ3) is 1.66. The van der Waals surface area contributed by atoms with Crippen LogP contribution < -0.4 is 5.73 Å². The Morgan fingerprint density at radius 1 is 1.56 bits per heavy atom. The Labute approximate surface area is 58.7 Å². The average Bonchev–Trinajstić information content (AvgIpc) is 1.90. The lowest BCUT2D eigenvalue weighted by molar-refractivity contribution is 0.918. The molecular formula is C6H6ClN2. The van der Waals surface area contributed by atoms with Gasteiger partial charge in [-0.15, -0.1) is 0 Å². The molecule has 1 N–H and O–H groups in total. The molecule has 1 atom stereocenters. The van der Waals surface area contributed by atoms with E-state index in [4.69, 9.17) is 17.3 Å². The first kappa shape index (κ1) is 6.52. The molecule has 0 aliphatic carbocycles. The summed E-state index contributed by atoms with van der Waals surface area (Å²) in [4.78, 5) is 3.86. The molecule has 0 saturated heterocycles. The number of halogens is 1. The predicted octanol–water partition coefficient (Wildman–Crippen LogP) is 1.60. The molecule has 0 bridgehead atoms. The lowest BCUT2D eigenvalue weighted by Gasteiger charge is -1.97. The number of aromatic nitrogens is 1. The van der Waals surface area contributed by atoms with Crippen molar-refractivity contribution in [3.05, 3.63) is 30.1 Å². The van der Waals surface area contributed by atoms with Crippen LogP contribution in [0, 0.1) is 0 Å². The molecule has 2 nitrogen and oxygen atoms in total. The highest BCUT2D eigenvalue weighted by atomic mass is 35.5. The van der Waals surface area contributed by atoms with Gasteiger partial charge in [-0.1, -0.05) is 17.7 Å². The van der Waals surface area contributed by atoms with Crippen LogP contribution in [0.25, 0.3) is 0 Å². The van der Waals surface area contributed by atoms with E-state index in [9.17, 15) is 0 Å². The molecule has 9 heavy (non-hydrogen) atoms. The molecule has 1 unspecified atom stereocenters. The van der Waals surface area contributed by atoms with Gasteiger partial charge in [-0.25, -0.2) is 5.73 Å². The standard InChI is InChI=1S/C6H6ClN2/c7-6(8)5-3-1-2-4-9-5/h1-4,6,8H. The minimum Gasteiger partial charge on any atom is -0.258 e. The zero-order valence-electron chi connectivity index (χ0n) is 4.71. The second-order valence-electron chi connectivity index (χ2n) is 1.62. The summed E-state index contributed by atoms with van der Waals surface area (Å²) < 4.78 is 0. The van der Waals surface area contributed by atoms with E-state index in [1.165, 1.54) is 0 Å². The van der Waals surface area contributed by atoms with Crippen molar-refractivity contribution in [1.82, 2.24) is 10.7 Å². The summed E-state index contributed by atoms with van der Waals surface area (Å²) in [7, 11) is 0. The van der Waals surface area contributed by atoms with Crippen LogP contribution in [-0.2, 0) is 0 Å². The van der Waals surface area contributed by atoms with Crippen molar-refractivity contribution in [3.63, 3.8) is 0 Å². The van der Waals surface area contributed by atoms with Gasteiger partial charge >= 0.3 is 0 Å². The van der Waals surface area contributed by atoms with Crippen molar-refractivity contribution in [2.24, 2.45) is 0 Å². The first-order valence-electron chi connectivity index (χ1n) is 2.57. The van der Waals surface area contributed by atoms with Crippen LogP contribution in [0.15, 0.2) is 24.4 Å². The van der Waals surface area contributed by atoms with Crippen molar-refractivity contribution in [2.75, 3.05) is 0 Å².